The molecule has 2 aromatic rings. The lowest BCUT2D eigenvalue weighted by Crippen LogP contribution is -2.48. The molecule has 7 heteroatoms. The van der Waals surface area contributed by atoms with Crippen LogP contribution in [0.2, 0.25) is 0 Å². The lowest BCUT2D eigenvalue weighted by atomic mass is 9.74. The lowest BCUT2D eigenvalue weighted by Gasteiger charge is -2.35. The summed E-state index contributed by atoms with van der Waals surface area (Å²) in [5, 5.41) is 14.0. The van der Waals surface area contributed by atoms with Crippen molar-refractivity contribution in [2.45, 2.75) is 6.42 Å². The molecule has 2 atom stereocenters. The predicted molar refractivity (Wildman–Crippen MR) is 91.0 cm³/mol. The van der Waals surface area contributed by atoms with Crippen LogP contribution in [-0.2, 0) is 9.53 Å². The summed E-state index contributed by atoms with van der Waals surface area (Å²) in [5.74, 6) is -0.219. The largest absolute Gasteiger partial charge is 0.381 e. The summed E-state index contributed by atoms with van der Waals surface area (Å²) < 4.78 is 7.25. The lowest BCUT2D eigenvalue weighted by molar-refractivity contribution is -0.135. The topological polar surface area (TPSA) is 97.2 Å². The van der Waals surface area contributed by atoms with Gasteiger partial charge in [-0.3, -0.25) is 4.79 Å². The maximum atomic E-state index is 12.2. The molecule has 1 amide bonds. The average Bonchev–Trinajstić information content (AvgIpc) is 3.29. The maximum Gasteiger partial charge on any atom is 0.225 e. The molecular weight excluding hydrogens is 318 g/mol. The third kappa shape index (κ3) is 2.37. The number of primary amides is 1. The van der Waals surface area contributed by atoms with Gasteiger partial charge in [0.1, 0.15) is 11.6 Å². The maximum absolute atomic E-state index is 12.2. The fourth-order valence-corrected chi connectivity index (χ4v) is 4.04. The highest BCUT2D eigenvalue weighted by Crippen LogP contribution is 2.44. The number of carbonyl (C=O) groups is 1. The monoisotopic (exact) mass is 337 g/mol. The third-order valence-electron chi connectivity index (χ3n) is 5.42. The van der Waals surface area contributed by atoms with Crippen LogP contribution in [0.4, 0.5) is 5.69 Å². The molecule has 2 fully saturated rings. The molecule has 2 aliphatic rings. The van der Waals surface area contributed by atoms with E-state index in [1.807, 2.05) is 30.5 Å². The number of anilines is 1. The normalized spacial score (nSPS) is 25.4. The molecule has 2 aliphatic heterocycles. The van der Waals surface area contributed by atoms with Crippen molar-refractivity contribution < 1.29 is 9.53 Å². The Labute approximate surface area is 145 Å². The van der Waals surface area contributed by atoms with Gasteiger partial charge >= 0.3 is 0 Å². The Morgan fingerprint density at radius 2 is 2.24 bits per heavy atom. The molecule has 0 unspecified atom stereocenters. The molecule has 1 aromatic heterocycles. The standard InChI is InChI=1S/C18H19N5O2/c19-9-14-15(3-1-4-16(14)23-7-2-6-21-23)22-10-13-11-25-8-5-18(13,12-22)17(20)24/h1-4,6-7,13H,5,8,10-12H2,(H2,20,24)/t13-,18+/m1/s1. The second-order valence-electron chi connectivity index (χ2n) is 6.66. The molecule has 0 saturated carbocycles. The fraction of sp³-hybridized carbons (Fsp3) is 0.389. The number of fused-ring (bicyclic) bond motifs is 1. The summed E-state index contributed by atoms with van der Waals surface area (Å²) in [6.45, 7) is 2.25. The van der Waals surface area contributed by atoms with Gasteiger partial charge in [-0.15, -0.1) is 0 Å². The van der Waals surface area contributed by atoms with Crippen molar-refractivity contribution in [1.82, 2.24) is 9.78 Å². The van der Waals surface area contributed by atoms with Crippen molar-refractivity contribution >= 4 is 11.6 Å². The Morgan fingerprint density at radius 1 is 1.40 bits per heavy atom. The minimum absolute atomic E-state index is 0.0543. The number of nitriles is 1. The molecule has 2 N–H and O–H groups in total. The first-order chi connectivity index (χ1) is 12.2. The summed E-state index contributed by atoms with van der Waals surface area (Å²) >= 11 is 0. The Bertz CT molecular complexity index is 842. The third-order valence-corrected chi connectivity index (χ3v) is 5.42. The first-order valence-corrected chi connectivity index (χ1v) is 8.31. The number of hydrogen-bond acceptors (Lipinski definition) is 5. The Kier molecular flexibility index (Phi) is 3.70. The van der Waals surface area contributed by atoms with E-state index in [0.717, 1.165) is 11.4 Å². The molecule has 3 heterocycles. The highest BCUT2D eigenvalue weighted by Gasteiger charge is 2.52. The number of nitrogens with two attached hydrogens (primary N) is 1. The second kappa shape index (κ2) is 5.90. The van der Waals surface area contributed by atoms with Gasteiger partial charge in [0.25, 0.3) is 0 Å². The van der Waals surface area contributed by atoms with Gasteiger partial charge < -0.3 is 15.4 Å². The van der Waals surface area contributed by atoms with Crippen molar-refractivity contribution in [2.75, 3.05) is 31.2 Å². The van der Waals surface area contributed by atoms with Gasteiger partial charge in [-0.05, 0) is 24.6 Å². The van der Waals surface area contributed by atoms with Crippen LogP contribution in [0.1, 0.15) is 12.0 Å². The number of hydrogen-bond donors (Lipinski definition) is 1. The number of nitrogens with zero attached hydrogens (tertiary/aromatic N) is 4. The fourth-order valence-electron chi connectivity index (χ4n) is 4.04. The molecule has 25 heavy (non-hydrogen) atoms. The number of aromatic nitrogens is 2. The van der Waals surface area contributed by atoms with Crippen LogP contribution in [0.3, 0.4) is 0 Å². The van der Waals surface area contributed by atoms with E-state index in [1.165, 1.54) is 0 Å². The van der Waals surface area contributed by atoms with Crippen LogP contribution in [0, 0.1) is 22.7 Å². The Balaban J connectivity index is 1.75. The highest BCUT2D eigenvalue weighted by molar-refractivity contribution is 5.83. The molecular formula is C18H19N5O2. The van der Waals surface area contributed by atoms with Gasteiger partial charge in [-0.25, -0.2) is 4.68 Å². The van der Waals surface area contributed by atoms with Gasteiger partial charge in [0.05, 0.1) is 23.4 Å². The Hall–Kier alpha value is -2.85. The molecule has 0 spiro atoms. The van der Waals surface area contributed by atoms with E-state index in [0.29, 0.717) is 38.3 Å². The highest BCUT2D eigenvalue weighted by atomic mass is 16.5. The van der Waals surface area contributed by atoms with Crippen molar-refractivity contribution in [3.05, 3.63) is 42.2 Å². The number of benzene rings is 1. The first-order valence-electron chi connectivity index (χ1n) is 8.31. The van der Waals surface area contributed by atoms with E-state index in [2.05, 4.69) is 16.1 Å². The van der Waals surface area contributed by atoms with E-state index in [9.17, 15) is 10.1 Å². The second-order valence-corrected chi connectivity index (χ2v) is 6.66. The van der Waals surface area contributed by atoms with Crippen molar-refractivity contribution in [2.24, 2.45) is 17.1 Å². The number of amides is 1. The zero-order chi connectivity index (χ0) is 17.4. The number of carbonyl (C=O) groups excluding carboxylic acids is 1. The molecule has 4 rings (SSSR count). The first kappa shape index (κ1) is 15.7. The molecule has 0 aliphatic carbocycles. The summed E-state index contributed by atoms with van der Waals surface area (Å²) in [6.07, 6.45) is 4.12. The van der Waals surface area contributed by atoms with Crippen molar-refractivity contribution in [3.8, 4) is 11.8 Å². The zero-order valence-corrected chi connectivity index (χ0v) is 13.8. The zero-order valence-electron chi connectivity index (χ0n) is 13.8. The Morgan fingerprint density at radius 3 is 2.92 bits per heavy atom. The molecule has 128 valence electrons. The van der Waals surface area contributed by atoms with E-state index < -0.39 is 5.41 Å². The van der Waals surface area contributed by atoms with Gasteiger partial charge in [0.15, 0.2) is 0 Å². The number of ether oxygens (including phenoxy) is 1. The van der Waals surface area contributed by atoms with Crippen LogP contribution in [0.25, 0.3) is 5.69 Å². The van der Waals surface area contributed by atoms with Crippen LogP contribution < -0.4 is 10.6 Å². The van der Waals surface area contributed by atoms with Crippen LogP contribution in [-0.4, -0.2) is 42.0 Å². The van der Waals surface area contributed by atoms with E-state index in [-0.39, 0.29) is 11.8 Å². The summed E-state index contributed by atoms with van der Waals surface area (Å²) in [6, 6.07) is 9.81. The minimum atomic E-state index is -0.577. The van der Waals surface area contributed by atoms with Crippen LogP contribution in [0.15, 0.2) is 36.7 Å². The quantitative estimate of drug-likeness (QED) is 0.903. The molecule has 2 saturated heterocycles. The summed E-state index contributed by atoms with van der Waals surface area (Å²) in [4.78, 5) is 14.3. The van der Waals surface area contributed by atoms with Gasteiger partial charge in [0.2, 0.25) is 5.91 Å². The molecule has 0 radical (unpaired) electrons. The van der Waals surface area contributed by atoms with Gasteiger partial charge in [-0.2, -0.15) is 10.4 Å². The SMILES string of the molecule is N#Cc1c(N2C[C@@H]3COCC[C@]3(C(N)=O)C2)cccc1-n1cccn1. The minimum Gasteiger partial charge on any atom is -0.381 e. The summed E-state index contributed by atoms with van der Waals surface area (Å²) in [7, 11) is 0. The van der Waals surface area contributed by atoms with Crippen molar-refractivity contribution in [3.63, 3.8) is 0 Å². The summed E-state index contributed by atoms with van der Waals surface area (Å²) in [5.41, 5.74) is 7.27. The average molecular weight is 337 g/mol. The predicted octanol–water partition coefficient (Wildman–Crippen LogP) is 1.07. The van der Waals surface area contributed by atoms with Gasteiger partial charge in [-0.1, -0.05) is 6.07 Å². The van der Waals surface area contributed by atoms with E-state index >= 15 is 0 Å². The van der Waals surface area contributed by atoms with Gasteiger partial charge in [0, 0.05) is 38.0 Å². The smallest absolute Gasteiger partial charge is 0.225 e. The molecule has 1 aromatic carbocycles. The van der Waals surface area contributed by atoms with E-state index in [1.54, 1.807) is 10.9 Å². The number of rotatable bonds is 3. The van der Waals surface area contributed by atoms with Crippen LogP contribution in [0.5, 0.6) is 0 Å². The van der Waals surface area contributed by atoms with E-state index in [4.69, 9.17) is 10.5 Å². The van der Waals surface area contributed by atoms with Crippen molar-refractivity contribution in [1.29, 1.82) is 5.26 Å². The van der Waals surface area contributed by atoms with Crippen LogP contribution >= 0.6 is 0 Å². The molecule has 0 bridgehead atoms. The molecule has 7 nitrogen and oxygen atoms in total.